The van der Waals surface area contributed by atoms with E-state index in [0.717, 1.165) is 18.3 Å². The van der Waals surface area contributed by atoms with Crippen molar-refractivity contribution in [3.63, 3.8) is 0 Å². The van der Waals surface area contributed by atoms with E-state index in [9.17, 15) is 19.2 Å². The van der Waals surface area contributed by atoms with Gasteiger partial charge in [0.2, 0.25) is 0 Å². The van der Waals surface area contributed by atoms with Gasteiger partial charge in [-0.1, -0.05) is 43.0 Å². The highest BCUT2D eigenvalue weighted by Crippen LogP contribution is 2.21. The highest BCUT2D eigenvalue weighted by atomic mass is 32.1. The number of carbonyl (C=O) groups is 4. The number of ether oxygens (including phenoxy) is 2. The predicted molar refractivity (Wildman–Crippen MR) is 142 cm³/mol. The summed E-state index contributed by atoms with van der Waals surface area (Å²) in [6.45, 7) is 19.6. The minimum absolute atomic E-state index is 0.147. The maximum Gasteiger partial charge on any atom is 0.353 e. The summed E-state index contributed by atoms with van der Waals surface area (Å²) in [5, 5.41) is 6.79. The van der Waals surface area contributed by atoms with Crippen LogP contribution in [0.5, 0.6) is 0 Å². The van der Waals surface area contributed by atoms with E-state index in [1.165, 1.54) is 18.3 Å². The van der Waals surface area contributed by atoms with Gasteiger partial charge in [0.25, 0.3) is 11.8 Å². The minimum Gasteiger partial charge on any atom is -0.464 e. The summed E-state index contributed by atoms with van der Waals surface area (Å²) in [7, 11) is 1.16. The van der Waals surface area contributed by atoms with E-state index in [-0.39, 0.29) is 28.7 Å². The molecule has 0 unspecified atom stereocenters. The summed E-state index contributed by atoms with van der Waals surface area (Å²) >= 11 is 1.30. The Labute approximate surface area is 216 Å². The maximum absolute atomic E-state index is 12.3. The van der Waals surface area contributed by atoms with Crippen molar-refractivity contribution < 1.29 is 28.7 Å². The molecule has 0 saturated carbocycles. The molecule has 0 aliphatic rings. The number of amides is 2. The SMILES string of the molecule is C=C(NC(=O)c1csc(C(/C=C\C)=C/C=C(C)C)n1)C(=O)NC(=C)C(=O)OC.CC(=O)OC(C)(C)C. The van der Waals surface area contributed by atoms with Gasteiger partial charge in [-0.15, -0.1) is 11.3 Å². The molecule has 196 valence electrons. The molecule has 0 saturated heterocycles. The Kier molecular flexibility index (Phi) is 13.6. The lowest BCUT2D eigenvalue weighted by Gasteiger charge is -2.17. The van der Waals surface area contributed by atoms with Crippen molar-refractivity contribution in [1.82, 2.24) is 15.6 Å². The fourth-order valence-electron chi connectivity index (χ4n) is 2.22. The van der Waals surface area contributed by atoms with Crippen LogP contribution in [0.3, 0.4) is 0 Å². The Hall–Kier alpha value is -3.79. The summed E-state index contributed by atoms with van der Waals surface area (Å²) in [6, 6.07) is 0. The zero-order valence-electron chi connectivity index (χ0n) is 22.1. The van der Waals surface area contributed by atoms with Gasteiger partial charge < -0.3 is 20.1 Å². The van der Waals surface area contributed by atoms with Gasteiger partial charge in [0.05, 0.1) is 12.8 Å². The molecule has 1 heterocycles. The lowest BCUT2D eigenvalue weighted by atomic mass is 10.2. The van der Waals surface area contributed by atoms with E-state index in [4.69, 9.17) is 4.74 Å². The minimum atomic E-state index is -0.795. The van der Waals surface area contributed by atoms with Crippen molar-refractivity contribution in [2.75, 3.05) is 7.11 Å². The molecule has 0 radical (unpaired) electrons. The summed E-state index contributed by atoms with van der Waals surface area (Å²) in [6.07, 6.45) is 7.65. The summed E-state index contributed by atoms with van der Waals surface area (Å²) in [4.78, 5) is 50.1. The molecule has 1 aromatic heterocycles. The number of carbonyl (C=O) groups excluding carboxylic acids is 4. The monoisotopic (exact) mass is 517 g/mol. The van der Waals surface area contributed by atoms with Crippen LogP contribution in [0, 0.1) is 0 Å². The number of nitrogens with one attached hydrogen (secondary N) is 2. The van der Waals surface area contributed by atoms with Crippen LogP contribution in [0.4, 0.5) is 0 Å². The molecule has 0 aliphatic carbocycles. The van der Waals surface area contributed by atoms with Gasteiger partial charge in [-0.05, 0) is 41.5 Å². The lowest BCUT2D eigenvalue weighted by molar-refractivity contribution is -0.151. The van der Waals surface area contributed by atoms with Crippen LogP contribution >= 0.6 is 11.3 Å². The molecule has 36 heavy (non-hydrogen) atoms. The Morgan fingerprint density at radius 1 is 1.03 bits per heavy atom. The van der Waals surface area contributed by atoms with E-state index in [0.29, 0.717) is 5.01 Å². The average molecular weight is 518 g/mol. The summed E-state index contributed by atoms with van der Waals surface area (Å²) in [5.74, 6) is -2.39. The van der Waals surface area contributed by atoms with E-state index in [1.54, 1.807) is 5.38 Å². The molecule has 0 atom stereocenters. The number of rotatable bonds is 8. The van der Waals surface area contributed by atoms with E-state index in [2.05, 4.69) is 33.5 Å². The predicted octanol–water partition coefficient (Wildman–Crippen LogP) is 4.46. The van der Waals surface area contributed by atoms with Gasteiger partial charge in [0.15, 0.2) is 0 Å². The van der Waals surface area contributed by atoms with Gasteiger partial charge in [0, 0.05) is 17.9 Å². The third-order valence-electron chi connectivity index (χ3n) is 3.61. The van der Waals surface area contributed by atoms with Crippen LogP contribution in [0.25, 0.3) is 5.57 Å². The fraction of sp³-hybridized carbons (Fsp3) is 0.346. The second-order valence-corrected chi connectivity index (χ2v) is 9.32. The number of aromatic nitrogens is 1. The zero-order chi connectivity index (χ0) is 28.1. The van der Waals surface area contributed by atoms with Crippen molar-refractivity contribution in [2.45, 2.75) is 54.1 Å². The van der Waals surface area contributed by atoms with Crippen LogP contribution in [0.15, 0.2) is 59.8 Å². The van der Waals surface area contributed by atoms with Gasteiger partial charge in [-0.25, -0.2) is 9.78 Å². The Balaban J connectivity index is 0.00000131. The molecular formula is C26H35N3O6S. The molecule has 2 N–H and O–H groups in total. The topological polar surface area (TPSA) is 124 Å². The Bertz CT molecular complexity index is 1080. The number of thiazole rings is 1. The van der Waals surface area contributed by atoms with Crippen LogP contribution in [0.1, 0.15) is 64.0 Å². The molecule has 2 amide bonds. The molecule has 1 rings (SSSR count). The van der Waals surface area contributed by atoms with Gasteiger partial charge >= 0.3 is 11.9 Å². The summed E-state index contributed by atoms with van der Waals surface area (Å²) in [5.41, 5.74) is 1.29. The van der Waals surface area contributed by atoms with Crippen molar-refractivity contribution in [1.29, 1.82) is 0 Å². The number of nitrogens with zero attached hydrogens (tertiary/aromatic N) is 1. The number of allylic oxidation sites excluding steroid dienone is 6. The van der Waals surface area contributed by atoms with Crippen molar-refractivity contribution in [3.8, 4) is 0 Å². The van der Waals surface area contributed by atoms with E-state index < -0.39 is 17.8 Å². The molecule has 0 aromatic carbocycles. The zero-order valence-corrected chi connectivity index (χ0v) is 22.9. The molecule has 0 aliphatic heterocycles. The lowest BCUT2D eigenvalue weighted by Crippen LogP contribution is -2.35. The van der Waals surface area contributed by atoms with Crippen molar-refractivity contribution in [2.24, 2.45) is 0 Å². The van der Waals surface area contributed by atoms with E-state index >= 15 is 0 Å². The highest BCUT2D eigenvalue weighted by molar-refractivity contribution is 7.11. The molecule has 10 heteroatoms. The largest absolute Gasteiger partial charge is 0.464 e. The number of esters is 2. The summed E-state index contributed by atoms with van der Waals surface area (Å²) < 4.78 is 9.23. The third-order valence-corrected chi connectivity index (χ3v) is 4.50. The first-order valence-electron chi connectivity index (χ1n) is 10.8. The van der Waals surface area contributed by atoms with Gasteiger partial charge in [0.1, 0.15) is 22.0 Å². The smallest absolute Gasteiger partial charge is 0.353 e. The van der Waals surface area contributed by atoms with E-state index in [1.807, 2.05) is 65.8 Å². The standard InChI is InChI=1S/C20H23N3O4S.C6H12O2/c1-7-8-15(10-9-12(2)3)19-23-16(11-28-19)18(25)21-13(4)17(24)22-14(5)20(26)27-6;1-5(7)8-6(2,3)4/h7-11H,4-5H2,1-3,6H3,(H,21,25)(H,22,24);1-4H3/b8-7-,15-10+;. The number of hydrogen-bond donors (Lipinski definition) is 2. The first-order chi connectivity index (χ1) is 16.6. The van der Waals surface area contributed by atoms with Crippen molar-refractivity contribution >= 4 is 40.7 Å². The molecule has 9 nitrogen and oxygen atoms in total. The highest BCUT2D eigenvalue weighted by Gasteiger charge is 2.18. The normalized spacial score (nSPS) is 10.9. The van der Waals surface area contributed by atoms with Crippen LogP contribution in [-0.4, -0.2) is 41.4 Å². The molecule has 0 spiro atoms. The molecule has 0 fully saturated rings. The molecule has 0 bridgehead atoms. The number of hydrogen-bond acceptors (Lipinski definition) is 8. The fourth-order valence-corrected chi connectivity index (χ4v) is 3.03. The quantitative estimate of drug-likeness (QED) is 0.296. The molecular weight excluding hydrogens is 482 g/mol. The maximum atomic E-state index is 12.3. The average Bonchev–Trinajstić information content (AvgIpc) is 3.24. The van der Waals surface area contributed by atoms with Crippen LogP contribution < -0.4 is 10.6 Å². The number of methoxy groups -OCH3 is 1. The molecule has 1 aromatic rings. The van der Waals surface area contributed by atoms with Gasteiger partial charge in [-0.3, -0.25) is 14.4 Å². The van der Waals surface area contributed by atoms with Crippen LogP contribution in [0.2, 0.25) is 0 Å². The van der Waals surface area contributed by atoms with Crippen LogP contribution in [-0.2, 0) is 23.9 Å². The van der Waals surface area contributed by atoms with Crippen molar-refractivity contribution in [3.05, 3.63) is 70.5 Å². The van der Waals surface area contributed by atoms with Gasteiger partial charge in [-0.2, -0.15) is 0 Å². The third kappa shape index (κ3) is 13.2. The second-order valence-electron chi connectivity index (χ2n) is 8.47. The Morgan fingerprint density at radius 2 is 1.64 bits per heavy atom. The second kappa shape index (κ2) is 15.3. The first-order valence-corrected chi connectivity index (χ1v) is 11.7. The Morgan fingerprint density at radius 3 is 2.08 bits per heavy atom. The first kappa shape index (κ1) is 32.2.